The second-order valence-electron chi connectivity index (χ2n) is 2.74. The molecular weight excluding hydrogens is 211 g/mol. The van der Waals surface area contributed by atoms with E-state index in [0.717, 1.165) is 26.4 Å². The molecule has 2 heterocycles. The topological polar surface area (TPSA) is 18.5 Å². The van der Waals surface area contributed by atoms with Crippen LogP contribution < -0.4 is 0 Å². The average molecular weight is 229 g/mol. The zero-order valence-electron chi connectivity index (χ0n) is 7.94. The van der Waals surface area contributed by atoms with Crippen LogP contribution in [-0.4, -0.2) is 31.8 Å². The highest BCUT2D eigenvalue weighted by Gasteiger charge is 1.95. The molecule has 0 saturated carbocycles. The first-order chi connectivity index (χ1) is 6.41. The van der Waals surface area contributed by atoms with E-state index >= 15 is 0 Å². The van der Waals surface area contributed by atoms with Crippen molar-refractivity contribution < 1.29 is 9.47 Å². The van der Waals surface area contributed by atoms with Gasteiger partial charge in [0.05, 0.1) is 5.34 Å². The van der Waals surface area contributed by atoms with Gasteiger partial charge in [-0.05, 0) is 25.7 Å². The maximum atomic E-state index is 4.94. The van der Waals surface area contributed by atoms with E-state index in [9.17, 15) is 0 Å². The van der Waals surface area contributed by atoms with Crippen LogP contribution in [-0.2, 0) is 9.47 Å². The number of ether oxygens (including phenoxy) is 2. The Balaban J connectivity index is 0.000000174. The Morgan fingerprint density at radius 1 is 0.692 bits per heavy atom. The Morgan fingerprint density at radius 3 is 1.00 bits per heavy atom. The van der Waals surface area contributed by atoms with Crippen LogP contribution in [0.5, 0.6) is 0 Å². The standard InChI is InChI=1S/2C4H8O.CH2Cl2/c2*1-2-4-5-3-1;2-1-3/h2*1-4H2;1H2. The van der Waals surface area contributed by atoms with Crippen molar-refractivity contribution in [2.75, 3.05) is 31.8 Å². The predicted octanol–water partition coefficient (Wildman–Crippen LogP) is 3.02. The highest BCUT2D eigenvalue weighted by molar-refractivity contribution is 6.40. The molecule has 2 aliphatic rings. The molecule has 2 rings (SSSR count). The van der Waals surface area contributed by atoms with E-state index in [2.05, 4.69) is 0 Å². The normalized spacial score (nSPS) is 19.8. The maximum Gasteiger partial charge on any atom is 0.0967 e. The molecule has 0 bridgehead atoms. The Kier molecular flexibility index (Phi) is 13.0. The number of halogens is 2. The van der Waals surface area contributed by atoms with Crippen molar-refractivity contribution >= 4 is 23.2 Å². The molecular formula is C9H18Cl2O2. The SMILES string of the molecule is C1CCOC1.C1CCOC1.ClCCl. The molecule has 0 unspecified atom stereocenters. The largest absolute Gasteiger partial charge is 0.381 e. The minimum Gasteiger partial charge on any atom is -0.381 e. The summed E-state index contributed by atoms with van der Waals surface area (Å²) < 4.78 is 9.89. The molecule has 0 spiro atoms. The van der Waals surface area contributed by atoms with Crippen LogP contribution in [0.3, 0.4) is 0 Å². The third-order valence-electron chi connectivity index (χ3n) is 1.65. The van der Waals surface area contributed by atoms with Gasteiger partial charge in [0.25, 0.3) is 0 Å². The quantitative estimate of drug-likeness (QED) is 0.594. The maximum absolute atomic E-state index is 4.94. The van der Waals surface area contributed by atoms with Crippen molar-refractivity contribution in [3.63, 3.8) is 0 Å². The van der Waals surface area contributed by atoms with Gasteiger partial charge in [0.1, 0.15) is 0 Å². The smallest absolute Gasteiger partial charge is 0.0967 e. The van der Waals surface area contributed by atoms with E-state index in [1.165, 1.54) is 25.7 Å². The second kappa shape index (κ2) is 12.5. The zero-order valence-corrected chi connectivity index (χ0v) is 9.45. The molecule has 2 aliphatic heterocycles. The van der Waals surface area contributed by atoms with Gasteiger partial charge in [-0.3, -0.25) is 0 Å². The van der Waals surface area contributed by atoms with E-state index in [1.54, 1.807) is 0 Å². The lowest BCUT2D eigenvalue weighted by Crippen LogP contribution is -1.74. The van der Waals surface area contributed by atoms with E-state index < -0.39 is 0 Å². The molecule has 13 heavy (non-hydrogen) atoms. The summed E-state index contributed by atoms with van der Waals surface area (Å²) in [6.07, 6.45) is 5.11. The summed E-state index contributed by atoms with van der Waals surface area (Å²) in [6, 6.07) is 0. The molecule has 80 valence electrons. The van der Waals surface area contributed by atoms with Crippen LogP contribution in [0.15, 0.2) is 0 Å². The summed E-state index contributed by atoms with van der Waals surface area (Å²) in [7, 11) is 0. The second-order valence-corrected chi connectivity index (χ2v) is 3.55. The van der Waals surface area contributed by atoms with Gasteiger partial charge in [-0.15, -0.1) is 23.2 Å². The van der Waals surface area contributed by atoms with Gasteiger partial charge in [-0.2, -0.15) is 0 Å². The third kappa shape index (κ3) is 12.5. The highest BCUT2D eigenvalue weighted by atomic mass is 35.5. The van der Waals surface area contributed by atoms with E-state index in [0.29, 0.717) is 0 Å². The lowest BCUT2D eigenvalue weighted by Gasteiger charge is -1.76. The molecule has 2 fully saturated rings. The molecule has 4 heteroatoms. The predicted molar refractivity (Wildman–Crippen MR) is 56.7 cm³/mol. The van der Waals surface area contributed by atoms with Crippen LogP contribution >= 0.6 is 23.2 Å². The monoisotopic (exact) mass is 228 g/mol. The lowest BCUT2D eigenvalue weighted by atomic mass is 10.4. The van der Waals surface area contributed by atoms with Gasteiger partial charge in [-0.1, -0.05) is 0 Å². The van der Waals surface area contributed by atoms with Crippen molar-refractivity contribution in [1.82, 2.24) is 0 Å². The Labute approximate surface area is 90.5 Å². The molecule has 0 aromatic carbocycles. The molecule has 0 aromatic rings. The summed E-state index contributed by atoms with van der Waals surface area (Å²) in [5.74, 6) is 0. The summed E-state index contributed by atoms with van der Waals surface area (Å²) in [6.45, 7) is 4.00. The van der Waals surface area contributed by atoms with E-state index in [4.69, 9.17) is 32.7 Å². The molecule has 2 saturated heterocycles. The van der Waals surface area contributed by atoms with Gasteiger partial charge < -0.3 is 9.47 Å². The van der Waals surface area contributed by atoms with Crippen LogP contribution in [0.1, 0.15) is 25.7 Å². The van der Waals surface area contributed by atoms with Crippen molar-refractivity contribution in [3.05, 3.63) is 0 Å². The third-order valence-corrected chi connectivity index (χ3v) is 1.65. The van der Waals surface area contributed by atoms with E-state index in [1.807, 2.05) is 0 Å². The van der Waals surface area contributed by atoms with Gasteiger partial charge in [0.2, 0.25) is 0 Å². The van der Waals surface area contributed by atoms with Gasteiger partial charge in [0, 0.05) is 26.4 Å². The fraction of sp³-hybridized carbons (Fsp3) is 1.00. The number of hydrogen-bond acceptors (Lipinski definition) is 2. The molecule has 2 nitrogen and oxygen atoms in total. The minimum absolute atomic E-state index is 0.194. The minimum atomic E-state index is 0.194. The Morgan fingerprint density at radius 2 is 0.923 bits per heavy atom. The fourth-order valence-electron chi connectivity index (χ4n) is 1.02. The number of hydrogen-bond donors (Lipinski definition) is 0. The van der Waals surface area contributed by atoms with Crippen molar-refractivity contribution in [2.24, 2.45) is 0 Å². The first kappa shape index (κ1) is 13.5. The highest BCUT2D eigenvalue weighted by Crippen LogP contribution is 1.98. The number of rotatable bonds is 0. The van der Waals surface area contributed by atoms with Gasteiger partial charge >= 0.3 is 0 Å². The van der Waals surface area contributed by atoms with Crippen LogP contribution in [0.25, 0.3) is 0 Å². The van der Waals surface area contributed by atoms with Gasteiger partial charge in [-0.25, -0.2) is 0 Å². The summed E-state index contributed by atoms with van der Waals surface area (Å²) in [5.41, 5.74) is 0. The molecule has 0 aliphatic carbocycles. The van der Waals surface area contributed by atoms with Crippen molar-refractivity contribution in [3.8, 4) is 0 Å². The molecule has 0 aromatic heterocycles. The van der Waals surface area contributed by atoms with Crippen LogP contribution in [0.2, 0.25) is 0 Å². The first-order valence-corrected chi connectivity index (χ1v) is 5.76. The van der Waals surface area contributed by atoms with Crippen molar-refractivity contribution in [2.45, 2.75) is 25.7 Å². The molecule has 0 atom stereocenters. The zero-order chi connectivity index (χ0) is 9.78. The molecule has 0 N–H and O–H groups in total. The molecule has 0 amide bonds. The Hall–Kier alpha value is 0.500. The summed E-state index contributed by atoms with van der Waals surface area (Å²) in [4.78, 5) is 0. The molecule has 0 radical (unpaired) electrons. The first-order valence-electron chi connectivity index (χ1n) is 4.69. The van der Waals surface area contributed by atoms with Crippen LogP contribution in [0.4, 0.5) is 0 Å². The number of alkyl halides is 2. The van der Waals surface area contributed by atoms with Crippen molar-refractivity contribution in [1.29, 1.82) is 0 Å². The van der Waals surface area contributed by atoms with Crippen LogP contribution in [0, 0.1) is 0 Å². The van der Waals surface area contributed by atoms with E-state index in [-0.39, 0.29) is 5.34 Å². The Bertz CT molecular complexity index is 58.5. The lowest BCUT2D eigenvalue weighted by molar-refractivity contribution is 0.198. The summed E-state index contributed by atoms with van der Waals surface area (Å²) in [5, 5.41) is 0.194. The average Bonchev–Trinajstić information content (AvgIpc) is 2.85. The van der Waals surface area contributed by atoms with Gasteiger partial charge in [0.15, 0.2) is 0 Å². The fourth-order valence-corrected chi connectivity index (χ4v) is 1.02. The summed E-state index contributed by atoms with van der Waals surface area (Å²) >= 11 is 9.53.